The fourth-order valence-corrected chi connectivity index (χ4v) is 5.23. The van der Waals surface area contributed by atoms with Crippen LogP contribution < -0.4 is 25.6 Å². The van der Waals surface area contributed by atoms with E-state index in [4.69, 9.17) is 14.5 Å². The third kappa shape index (κ3) is 6.24. The van der Waals surface area contributed by atoms with Crippen LogP contribution in [0.15, 0.2) is 56.0 Å². The minimum absolute atomic E-state index is 0.194. The highest BCUT2D eigenvalue weighted by atomic mass is 79.9. The fraction of sp³-hybridized carbons (Fsp3) is 0.367. The zero-order valence-electron chi connectivity index (χ0n) is 24.2. The van der Waals surface area contributed by atoms with Crippen molar-refractivity contribution in [3.63, 3.8) is 0 Å². The number of aryl methyl sites for hydroxylation is 1. The highest BCUT2D eigenvalue weighted by Crippen LogP contribution is 2.29. The monoisotopic (exact) mass is 627 g/mol. The van der Waals surface area contributed by atoms with E-state index in [1.165, 1.54) is 29.3 Å². The SMILES string of the molecule is CC/C(=C\c1ccc(OC)cc1OC)CCCN(C)c1nc2c(c(=O)n(C)c(=O)n2C)n1Cc1cc(F)ccc1Br. The van der Waals surface area contributed by atoms with Gasteiger partial charge in [-0.3, -0.25) is 18.5 Å². The first kappa shape index (κ1) is 30.1. The molecule has 0 bridgehead atoms. The number of imidazole rings is 1. The predicted octanol–water partition coefficient (Wildman–Crippen LogP) is 5.11. The van der Waals surface area contributed by atoms with Crippen molar-refractivity contribution in [2.75, 3.05) is 32.7 Å². The molecule has 41 heavy (non-hydrogen) atoms. The molecule has 11 heteroatoms. The Balaban J connectivity index is 1.65. The third-order valence-corrected chi connectivity index (χ3v) is 8.02. The van der Waals surface area contributed by atoms with Crippen LogP contribution >= 0.6 is 15.9 Å². The minimum Gasteiger partial charge on any atom is -0.497 e. The average molecular weight is 629 g/mol. The van der Waals surface area contributed by atoms with Gasteiger partial charge in [0.15, 0.2) is 11.2 Å². The number of methoxy groups -OCH3 is 2. The topological polar surface area (TPSA) is 83.5 Å². The molecule has 218 valence electrons. The molecule has 0 saturated carbocycles. The zero-order valence-corrected chi connectivity index (χ0v) is 25.8. The van der Waals surface area contributed by atoms with Crippen molar-refractivity contribution >= 4 is 39.1 Å². The van der Waals surface area contributed by atoms with Gasteiger partial charge in [0.25, 0.3) is 5.56 Å². The summed E-state index contributed by atoms with van der Waals surface area (Å²) in [6, 6.07) is 10.2. The second kappa shape index (κ2) is 12.8. The van der Waals surface area contributed by atoms with E-state index in [1.54, 1.807) is 31.9 Å². The lowest BCUT2D eigenvalue weighted by atomic mass is 10.0. The van der Waals surface area contributed by atoms with Gasteiger partial charge in [0, 0.05) is 43.8 Å². The summed E-state index contributed by atoms with van der Waals surface area (Å²) in [6.45, 7) is 2.95. The Morgan fingerprint density at radius 2 is 1.85 bits per heavy atom. The van der Waals surface area contributed by atoms with E-state index < -0.39 is 11.2 Å². The maximum absolute atomic E-state index is 14.1. The smallest absolute Gasteiger partial charge is 0.332 e. The lowest BCUT2D eigenvalue weighted by molar-refractivity contribution is 0.393. The molecule has 4 aromatic rings. The summed E-state index contributed by atoms with van der Waals surface area (Å²) in [5, 5.41) is 0. The first-order valence-corrected chi connectivity index (χ1v) is 14.1. The zero-order chi connectivity index (χ0) is 29.8. The van der Waals surface area contributed by atoms with Crippen LogP contribution in [0.5, 0.6) is 11.5 Å². The van der Waals surface area contributed by atoms with Gasteiger partial charge < -0.3 is 14.4 Å². The number of hydrogen-bond donors (Lipinski definition) is 0. The summed E-state index contributed by atoms with van der Waals surface area (Å²) in [6.07, 6.45) is 4.68. The van der Waals surface area contributed by atoms with Crippen LogP contribution in [0.4, 0.5) is 10.3 Å². The number of halogens is 2. The molecule has 2 aromatic heterocycles. The molecule has 0 amide bonds. The molecule has 9 nitrogen and oxygen atoms in total. The van der Waals surface area contributed by atoms with Crippen LogP contribution in [0.2, 0.25) is 0 Å². The van der Waals surface area contributed by atoms with Crippen molar-refractivity contribution in [3.8, 4) is 11.5 Å². The second-order valence-electron chi connectivity index (χ2n) is 9.90. The van der Waals surface area contributed by atoms with Crippen molar-refractivity contribution in [3.05, 3.63) is 84.2 Å². The summed E-state index contributed by atoms with van der Waals surface area (Å²) < 4.78 is 29.9. The molecule has 0 atom stereocenters. The quantitative estimate of drug-likeness (QED) is 0.230. The number of allylic oxidation sites excluding steroid dienone is 1. The molecule has 2 heterocycles. The molecule has 0 fully saturated rings. The van der Waals surface area contributed by atoms with E-state index >= 15 is 0 Å². The Kier molecular flexibility index (Phi) is 9.37. The first-order chi connectivity index (χ1) is 19.6. The number of nitrogens with zero attached hydrogens (tertiary/aromatic N) is 5. The van der Waals surface area contributed by atoms with E-state index in [0.29, 0.717) is 22.5 Å². The number of benzene rings is 2. The predicted molar refractivity (Wildman–Crippen MR) is 164 cm³/mol. The van der Waals surface area contributed by atoms with Crippen LogP contribution in [0.3, 0.4) is 0 Å². The Hall–Kier alpha value is -3.86. The van der Waals surface area contributed by atoms with Gasteiger partial charge in [0.05, 0.1) is 20.8 Å². The van der Waals surface area contributed by atoms with E-state index in [9.17, 15) is 14.0 Å². The third-order valence-electron chi connectivity index (χ3n) is 7.25. The molecule has 0 radical (unpaired) electrons. The van der Waals surface area contributed by atoms with Gasteiger partial charge >= 0.3 is 5.69 Å². The van der Waals surface area contributed by atoms with Crippen molar-refractivity contribution in [1.82, 2.24) is 18.7 Å². The van der Waals surface area contributed by atoms with E-state index in [0.717, 1.165) is 40.9 Å². The van der Waals surface area contributed by atoms with Crippen molar-refractivity contribution in [2.24, 2.45) is 14.1 Å². The Morgan fingerprint density at radius 3 is 2.54 bits per heavy atom. The number of ether oxygens (including phenoxy) is 2. The number of fused-ring (bicyclic) bond motifs is 1. The maximum atomic E-state index is 14.1. The molecular weight excluding hydrogens is 593 g/mol. The number of rotatable bonds is 11. The molecule has 0 spiro atoms. The van der Waals surface area contributed by atoms with E-state index in [2.05, 4.69) is 28.9 Å². The maximum Gasteiger partial charge on any atom is 0.332 e. The van der Waals surface area contributed by atoms with Crippen molar-refractivity contribution in [1.29, 1.82) is 0 Å². The Labute approximate surface area is 246 Å². The molecular formula is C30H35BrFN5O4. The van der Waals surface area contributed by atoms with Gasteiger partial charge in [-0.05, 0) is 55.2 Å². The molecule has 0 aliphatic heterocycles. The average Bonchev–Trinajstić information content (AvgIpc) is 3.35. The second-order valence-corrected chi connectivity index (χ2v) is 10.8. The molecule has 4 rings (SSSR count). The largest absolute Gasteiger partial charge is 0.497 e. The summed E-state index contributed by atoms with van der Waals surface area (Å²) in [5.74, 6) is 1.62. The Morgan fingerprint density at radius 1 is 1.10 bits per heavy atom. The number of anilines is 1. The van der Waals surface area contributed by atoms with Gasteiger partial charge in [-0.15, -0.1) is 0 Å². The summed E-state index contributed by atoms with van der Waals surface area (Å²) >= 11 is 3.50. The van der Waals surface area contributed by atoms with Crippen LogP contribution in [-0.2, 0) is 20.6 Å². The highest BCUT2D eigenvalue weighted by molar-refractivity contribution is 9.10. The molecule has 0 saturated heterocycles. The van der Waals surface area contributed by atoms with Crippen molar-refractivity contribution in [2.45, 2.75) is 32.7 Å². The van der Waals surface area contributed by atoms with Crippen molar-refractivity contribution < 1.29 is 13.9 Å². The van der Waals surface area contributed by atoms with Gasteiger partial charge in [-0.25, -0.2) is 9.18 Å². The van der Waals surface area contributed by atoms with Gasteiger partial charge in [-0.2, -0.15) is 4.98 Å². The Bertz CT molecular complexity index is 1720. The van der Waals surface area contributed by atoms with Crippen LogP contribution in [0, 0.1) is 5.82 Å². The fourth-order valence-electron chi connectivity index (χ4n) is 4.86. The number of aromatic nitrogens is 4. The van der Waals surface area contributed by atoms with Gasteiger partial charge in [0.1, 0.15) is 17.3 Å². The van der Waals surface area contributed by atoms with E-state index in [-0.39, 0.29) is 23.5 Å². The molecule has 0 unspecified atom stereocenters. The molecule has 0 aliphatic carbocycles. The first-order valence-electron chi connectivity index (χ1n) is 13.3. The standard InChI is InChI=1S/C30H35BrFN5O4/c1-7-19(15-20-10-12-23(40-5)17-25(20)41-6)9-8-14-34(2)29-33-27-26(28(38)36(4)30(39)35(27)3)37(29)18-21-16-22(32)11-13-24(21)31/h10-13,15-17H,7-9,14,18H2,1-6H3/b19-15+. The number of hydrogen-bond acceptors (Lipinski definition) is 6. The summed E-state index contributed by atoms with van der Waals surface area (Å²) in [7, 11) is 8.21. The summed E-state index contributed by atoms with van der Waals surface area (Å²) in [5.41, 5.74) is 2.56. The van der Waals surface area contributed by atoms with Crippen LogP contribution in [0.1, 0.15) is 37.3 Å². The normalized spacial score (nSPS) is 11.8. The molecule has 2 aromatic carbocycles. The van der Waals surface area contributed by atoms with Gasteiger partial charge in [0.2, 0.25) is 5.95 Å². The molecule has 0 N–H and O–H groups in total. The lowest BCUT2D eigenvalue weighted by Gasteiger charge is -2.20. The minimum atomic E-state index is -0.458. The summed E-state index contributed by atoms with van der Waals surface area (Å²) in [4.78, 5) is 32.6. The lowest BCUT2D eigenvalue weighted by Crippen LogP contribution is -2.37. The molecule has 0 aliphatic rings. The van der Waals surface area contributed by atoms with E-state index in [1.807, 2.05) is 30.1 Å². The van der Waals surface area contributed by atoms with Gasteiger partial charge in [-0.1, -0.05) is 34.5 Å². The highest BCUT2D eigenvalue weighted by Gasteiger charge is 2.22. The van der Waals surface area contributed by atoms with Crippen LogP contribution in [-0.4, -0.2) is 46.5 Å². The van der Waals surface area contributed by atoms with Crippen LogP contribution in [0.25, 0.3) is 17.2 Å².